The van der Waals surface area contributed by atoms with E-state index in [0.29, 0.717) is 24.8 Å². The Balaban J connectivity index is 1.34. The summed E-state index contributed by atoms with van der Waals surface area (Å²) in [6.07, 6.45) is 6.04. The summed E-state index contributed by atoms with van der Waals surface area (Å²) in [4.78, 5) is 25.2. The van der Waals surface area contributed by atoms with E-state index < -0.39 is 0 Å². The van der Waals surface area contributed by atoms with Gasteiger partial charge < -0.3 is 14.4 Å². The molecule has 0 spiro atoms. The van der Waals surface area contributed by atoms with Gasteiger partial charge in [0.1, 0.15) is 6.10 Å². The number of carbonyl (C=O) groups is 1. The van der Waals surface area contributed by atoms with E-state index in [2.05, 4.69) is 20.9 Å². The molecule has 2 aliphatic rings. The van der Waals surface area contributed by atoms with Gasteiger partial charge in [0.05, 0.1) is 26.0 Å². The van der Waals surface area contributed by atoms with Gasteiger partial charge in [-0.1, -0.05) is 18.2 Å². The van der Waals surface area contributed by atoms with Crippen molar-refractivity contribution in [3.63, 3.8) is 0 Å². The monoisotopic (exact) mass is 368 g/mol. The van der Waals surface area contributed by atoms with Gasteiger partial charge in [-0.3, -0.25) is 9.69 Å². The Hall–Kier alpha value is -2.67. The summed E-state index contributed by atoms with van der Waals surface area (Å²) in [7, 11) is 1.58. The number of likely N-dealkylation sites (tertiary alicyclic amines) is 1. The largest absolute Gasteiger partial charge is 0.494 e. The number of methoxy groups -OCH3 is 1. The number of hydrogen-bond donors (Lipinski definition) is 0. The van der Waals surface area contributed by atoms with Crippen LogP contribution < -0.4 is 14.4 Å². The van der Waals surface area contributed by atoms with Crippen molar-refractivity contribution in [1.82, 2.24) is 14.9 Å². The molecule has 3 heterocycles. The molecule has 142 valence electrons. The smallest absolute Gasteiger partial charge is 0.316 e. The lowest BCUT2D eigenvalue weighted by Crippen LogP contribution is -2.46. The van der Waals surface area contributed by atoms with Gasteiger partial charge in [0.2, 0.25) is 5.91 Å². The van der Waals surface area contributed by atoms with Crippen LogP contribution in [0, 0.1) is 0 Å². The van der Waals surface area contributed by atoms with Gasteiger partial charge in [-0.2, -0.15) is 9.97 Å². The van der Waals surface area contributed by atoms with E-state index in [1.165, 1.54) is 5.56 Å². The second kappa shape index (κ2) is 7.92. The lowest BCUT2D eigenvalue weighted by atomic mass is 10.1. The highest BCUT2D eigenvalue weighted by Crippen LogP contribution is 2.27. The standard InChI is InChI=1S/C20H24N4O3/c1-26-17-11-21-20(22-12-17)27-16-6-4-9-23(13-16)14-19(25)24-10-8-15-5-2-3-7-18(15)24/h2-3,5,7,11-12,16H,4,6,8-10,13-14H2,1H3. The van der Waals surface area contributed by atoms with Crippen LogP contribution in [-0.4, -0.2) is 60.2 Å². The van der Waals surface area contributed by atoms with Crippen LogP contribution in [0.2, 0.25) is 0 Å². The number of aromatic nitrogens is 2. The van der Waals surface area contributed by atoms with E-state index in [4.69, 9.17) is 9.47 Å². The van der Waals surface area contributed by atoms with Gasteiger partial charge in [-0.05, 0) is 37.4 Å². The first-order valence-electron chi connectivity index (χ1n) is 9.36. The molecule has 4 rings (SSSR count). The van der Waals surface area contributed by atoms with Crippen LogP contribution in [-0.2, 0) is 11.2 Å². The summed E-state index contributed by atoms with van der Waals surface area (Å²) in [5.74, 6) is 0.755. The molecule has 1 aromatic carbocycles. The molecular weight excluding hydrogens is 344 g/mol. The number of fused-ring (bicyclic) bond motifs is 1. The second-order valence-corrected chi connectivity index (χ2v) is 6.95. The van der Waals surface area contributed by atoms with Crippen molar-refractivity contribution in [1.29, 1.82) is 0 Å². The fourth-order valence-electron chi connectivity index (χ4n) is 3.75. The van der Waals surface area contributed by atoms with Gasteiger partial charge in [-0.15, -0.1) is 0 Å². The fraction of sp³-hybridized carbons (Fsp3) is 0.450. The third-order valence-corrected chi connectivity index (χ3v) is 5.12. The fourth-order valence-corrected chi connectivity index (χ4v) is 3.75. The molecule has 0 saturated carbocycles. The van der Waals surface area contributed by atoms with Crippen molar-refractivity contribution >= 4 is 11.6 Å². The average molecular weight is 368 g/mol. The van der Waals surface area contributed by atoms with Gasteiger partial charge in [-0.25, -0.2) is 0 Å². The van der Waals surface area contributed by atoms with Crippen LogP contribution >= 0.6 is 0 Å². The highest BCUT2D eigenvalue weighted by molar-refractivity contribution is 5.96. The van der Waals surface area contributed by atoms with Crippen molar-refractivity contribution < 1.29 is 14.3 Å². The lowest BCUT2D eigenvalue weighted by Gasteiger charge is -2.32. The topological polar surface area (TPSA) is 67.8 Å². The van der Waals surface area contributed by atoms with E-state index in [9.17, 15) is 4.79 Å². The number of carbonyl (C=O) groups excluding carboxylic acids is 1. The van der Waals surface area contributed by atoms with Gasteiger partial charge in [0.15, 0.2) is 5.75 Å². The molecule has 0 aliphatic carbocycles. The number of benzene rings is 1. The Morgan fingerprint density at radius 3 is 2.85 bits per heavy atom. The number of nitrogens with zero attached hydrogens (tertiary/aromatic N) is 4. The average Bonchev–Trinajstić information content (AvgIpc) is 3.13. The molecule has 0 bridgehead atoms. The highest BCUT2D eigenvalue weighted by Gasteiger charge is 2.28. The van der Waals surface area contributed by atoms with Crippen molar-refractivity contribution in [3.05, 3.63) is 42.2 Å². The Morgan fingerprint density at radius 2 is 2.04 bits per heavy atom. The Morgan fingerprint density at radius 1 is 1.22 bits per heavy atom. The van der Waals surface area contributed by atoms with Crippen molar-refractivity contribution in [2.45, 2.75) is 25.4 Å². The summed E-state index contributed by atoms with van der Waals surface area (Å²) in [5, 5.41) is 0. The predicted molar refractivity (Wildman–Crippen MR) is 101 cm³/mol. The van der Waals surface area contributed by atoms with Crippen molar-refractivity contribution in [2.75, 3.05) is 38.2 Å². The number of piperidine rings is 1. The molecule has 1 fully saturated rings. The van der Waals surface area contributed by atoms with Crippen LogP contribution in [0.25, 0.3) is 0 Å². The SMILES string of the molecule is COc1cnc(OC2CCCN(CC(=O)N3CCc4ccccc43)C2)nc1. The van der Waals surface area contributed by atoms with E-state index in [1.54, 1.807) is 19.5 Å². The molecule has 0 N–H and O–H groups in total. The van der Waals surface area contributed by atoms with Crippen LogP contribution in [0.1, 0.15) is 18.4 Å². The molecule has 7 nitrogen and oxygen atoms in total. The molecule has 1 saturated heterocycles. The van der Waals surface area contributed by atoms with E-state index >= 15 is 0 Å². The number of ether oxygens (including phenoxy) is 2. The molecular formula is C20H24N4O3. The summed E-state index contributed by atoms with van der Waals surface area (Å²) in [5.41, 5.74) is 2.31. The maximum absolute atomic E-state index is 12.8. The number of rotatable bonds is 5. The zero-order valence-electron chi connectivity index (χ0n) is 15.5. The first-order chi connectivity index (χ1) is 13.2. The zero-order valence-corrected chi connectivity index (χ0v) is 15.5. The van der Waals surface area contributed by atoms with Crippen LogP contribution in [0.4, 0.5) is 5.69 Å². The Kier molecular flexibility index (Phi) is 5.20. The maximum Gasteiger partial charge on any atom is 0.316 e. The van der Waals surface area contributed by atoms with Crippen LogP contribution in [0.5, 0.6) is 11.8 Å². The molecule has 1 unspecified atom stereocenters. The second-order valence-electron chi connectivity index (χ2n) is 6.95. The third-order valence-electron chi connectivity index (χ3n) is 5.12. The number of amides is 1. The maximum atomic E-state index is 12.8. The predicted octanol–water partition coefficient (Wildman–Crippen LogP) is 1.92. The molecule has 0 radical (unpaired) electrons. The zero-order chi connectivity index (χ0) is 18.6. The van der Waals surface area contributed by atoms with Gasteiger partial charge >= 0.3 is 6.01 Å². The molecule has 7 heteroatoms. The van der Waals surface area contributed by atoms with Crippen LogP contribution in [0.15, 0.2) is 36.7 Å². The Labute approximate surface area is 158 Å². The molecule has 1 aromatic heterocycles. The van der Waals surface area contributed by atoms with E-state index in [0.717, 1.165) is 38.0 Å². The summed E-state index contributed by atoms with van der Waals surface area (Å²) in [6.45, 7) is 2.80. The molecule has 2 aliphatic heterocycles. The summed E-state index contributed by atoms with van der Waals surface area (Å²) >= 11 is 0. The minimum Gasteiger partial charge on any atom is -0.494 e. The molecule has 1 atom stereocenters. The van der Waals surface area contributed by atoms with Crippen LogP contribution in [0.3, 0.4) is 0 Å². The summed E-state index contributed by atoms with van der Waals surface area (Å²) < 4.78 is 11.0. The van der Waals surface area contributed by atoms with E-state index in [1.807, 2.05) is 23.1 Å². The minimum atomic E-state index is -0.00851. The van der Waals surface area contributed by atoms with Gasteiger partial charge in [0, 0.05) is 18.8 Å². The quantitative estimate of drug-likeness (QED) is 0.803. The summed E-state index contributed by atoms with van der Waals surface area (Å²) in [6, 6.07) is 8.50. The van der Waals surface area contributed by atoms with Crippen molar-refractivity contribution in [2.24, 2.45) is 0 Å². The number of hydrogen-bond acceptors (Lipinski definition) is 6. The highest BCUT2D eigenvalue weighted by atomic mass is 16.5. The minimum absolute atomic E-state index is 0.00851. The van der Waals surface area contributed by atoms with Crippen molar-refractivity contribution in [3.8, 4) is 11.8 Å². The first kappa shape index (κ1) is 17.7. The molecule has 2 aromatic rings. The first-order valence-corrected chi connectivity index (χ1v) is 9.36. The lowest BCUT2D eigenvalue weighted by molar-refractivity contribution is -0.120. The van der Waals surface area contributed by atoms with E-state index in [-0.39, 0.29) is 12.0 Å². The normalized spacial score (nSPS) is 19.6. The van der Waals surface area contributed by atoms with Gasteiger partial charge in [0.25, 0.3) is 0 Å². The Bertz CT molecular complexity index is 796. The number of para-hydroxylation sites is 1. The molecule has 27 heavy (non-hydrogen) atoms. The number of anilines is 1. The molecule has 1 amide bonds. The third kappa shape index (κ3) is 4.03.